The molecule has 7 heteroatoms. The number of anilines is 1. The summed E-state index contributed by atoms with van der Waals surface area (Å²) in [4.78, 5) is 12.2. The molecule has 0 saturated heterocycles. The molecule has 5 nitrogen and oxygen atoms in total. The van der Waals surface area contributed by atoms with Gasteiger partial charge in [-0.3, -0.25) is 4.79 Å². The summed E-state index contributed by atoms with van der Waals surface area (Å²) in [6, 6.07) is 4.59. The van der Waals surface area contributed by atoms with Gasteiger partial charge < -0.3 is 5.32 Å². The van der Waals surface area contributed by atoms with E-state index in [1.54, 1.807) is 12.1 Å². The minimum absolute atomic E-state index is 0.135. The summed E-state index contributed by atoms with van der Waals surface area (Å²) in [5, 5.41) is 2.65. The van der Waals surface area contributed by atoms with Gasteiger partial charge in [0.05, 0.1) is 10.6 Å². The fourth-order valence-electron chi connectivity index (χ4n) is 1.56. The van der Waals surface area contributed by atoms with Crippen molar-refractivity contribution >= 4 is 33.4 Å². The number of carbonyl (C=O) groups is 1. The number of carbonyl (C=O) groups excluding carboxylic acids is 1. The quantitative estimate of drug-likeness (QED) is 0.791. The zero-order valence-electron chi connectivity index (χ0n) is 12.1. The molecule has 20 heavy (non-hydrogen) atoms. The average Bonchev–Trinajstić information content (AvgIpc) is 2.37. The van der Waals surface area contributed by atoms with Crippen molar-refractivity contribution in [3.8, 4) is 0 Å². The summed E-state index contributed by atoms with van der Waals surface area (Å²) in [5.74, 6) is -0.232. The van der Waals surface area contributed by atoms with E-state index in [2.05, 4.69) is 10.0 Å². The normalized spacial score (nSPS) is 13.0. The molecule has 0 aliphatic carbocycles. The van der Waals surface area contributed by atoms with Crippen LogP contribution in [0.2, 0.25) is 0 Å². The molecule has 0 bridgehead atoms. The van der Waals surface area contributed by atoms with Crippen molar-refractivity contribution in [3.63, 3.8) is 0 Å². The number of rotatable bonds is 6. The van der Waals surface area contributed by atoms with E-state index in [9.17, 15) is 13.2 Å². The van der Waals surface area contributed by atoms with E-state index in [1.807, 2.05) is 20.1 Å². The van der Waals surface area contributed by atoms with E-state index in [0.29, 0.717) is 12.1 Å². The zero-order chi connectivity index (χ0) is 15.3. The van der Waals surface area contributed by atoms with Crippen LogP contribution in [0.15, 0.2) is 28.0 Å². The molecule has 1 aromatic rings. The van der Waals surface area contributed by atoms with Crippen LogP contribution in [0.1, 0.15) is 27.2 Å². The summed E-state index contributed by atoms with van der Waals surface area (Å²) in [5.41, 5.74) is 0.511. The van der Waals surface area contributed by atoms with Gasteiger partial charge in [0.1, 0.15) is 0 Å². The van der Waals surface area contributed by atoms with Crippen LogP contribution in [-0.2, 0) is 14.8 Å². The monoisotopic (exact) mass is 316 g/mol. The summed E-state index contributed by atoms with van der Waals surface area (Å²) < 4.78 is 27.0. The van der Waals surface area contributed by atoms with Crippen molar-refractivity contribution in [2.45, 2.75) is 43.0 Å². The van der Waals surface area contributed by atoms with Gasteiger partial charge in [0, 0.05) is 17.9 Å². The highest BCUT2D eigenvalue weighted by Gasteiger charge is 2.18. The molecule has 2 N–H and O–H groups in total. The fourth-order valence-corrected chi connectivity index (χ4v) is 3.44. The number of amides is 1. The lowest BCUT2D eigenvalue weighted by Gasteiger charge is -2.14. The molecular formula is C13H20N2O3S2. The molecular weight excluding hydrogens is 296 g/mol. The van der Waals surface area contributed by atoms with Crippen LogP contribution in [0.5, 0.6) is 0 Å². The van der Waals surface area contributed by atoms with Gasteiger partial charge in [-0.15, -0.1) is 11.8 Å². The highest BCUT2D eigenvalue weighted by Crippen LogP contribution is 2.28. The molecule has 0 fully saturated rings. The molecule has 0 aliphatic heterocycles. The first-order chi connectivity index (χ1) is 9.30. The standard InChI is InChI=1S/C13H20N2O3S2/c1-5-9(2)15-20(17,18)11-6-7-13(19-4)12(8-11)14-10(3)16/h6-9,15H,5H2,1-4H3,(H,14,16)/t9-/m1/s1. The van der Waals surface area contributed by atoms with Crippen molar-refractivity contribution < 1.29 is 13.2 Å². The number of hydrogen-bond donors (Lipinski definition) is 2. The summed E-state index contributed by atoms with van der Waals surface area (Å²) in [7, 11) is -3.57. The molecule has 1 atom stereocenters. The maximum Gasteiger partial charge on any atom is 0.240 e. The van der Waals surface area contributed by atoms with Crippen LogP contribution in [-0.4, -0.2) is 26.6 Å². The van der Waals surface area contributed by atoms with E-state index in [1.165, 1.54) is 24.8 Å². The predicted molar refractivity (Wildman–Crippen MR) is 82.6 cm³/mol. The van der Waals surface area contributed by atoms with Crippen molar-refractivity contribution in [2.24, 2.45) is 0 Å². The summed E-state index contributed by atoms with van der Waals surface area (Å²) in [6.45, 7) is 5.11. The first-order valence-electron chi connectivity index (χ1n) is 6.28. The lowest BCUT2D eigenvalue weighted by Crippen LogP contribution is -2.32. The van der Waals surface area contributed by atoms with Gasteiger partial charge in [0.25, 0.3) is 0 Å². The van der Waals surface area contributed by atoms with Gasteiger partial charge >= 0.3 is 0 Å². The molecule has 0 spiro atoms. The second kappa shape index (κ2) is 7.10. The molecule has 0 unspecified atom stereocenters. The lowest BCUT2D eigenvalue weighted by atomic mass is 10.3. The van der Waals surface area contributed by atoms with Crippen molar-refractivity contribution in [3.05, 3.63) is 18.2 Å². The van der Waals surface area contributed by atoms with Crippen molar-refractivity contribution in [1.82, 2.24) is 4.72 Å². The topological polar surface area (TPSA) is 75.3 Å². The van der Waals surface area contributed by atoms with E-state index < -0.39 is 10.0 Å². The molecule has 0 aliphatic rings. The molecule has 0 saturated carbocycles. The maximum atomic E-state index is 12.2. The van der Waals surface area contributed by atoms with Crippen molar-refractivity contribution in [1.29, 1.82) is 0 Å². The number of benzene rings is 1. The van der Waals surface area contributed by atoms with Crippen molar-refractivity contribution in [2.75, 3.05) is 11.6 Å². The smallest absolute Gasteiger partial charge is 0.240 e. The minimum Gasteiger partial charge on any atom is -0.325 e. The van der Waals surface area contributed by atoms with Crippen LogP contribution >= 0.6 is 11.8 Å². The third-order valence-electron chi connectivity index (χ3n) is 2.76. The minimum atomic E-state index is -3.57. The summed E-state index contributed by atoms with van der Waals surface area (Å²) in [6.07, 6.45) is 2.58. The van der Waals surface area contributed by atoms with Gasteiger partial charge in [-0.25, -0.2) is 13.1 Å². The fraction of sp³-hybridized carbons (Fsp3) is 0.462. The number of sulfonamides is 1. The first-order valence-corrected chi connectivity index (χ1v) is 8.99. The second-order valence-electron chi connectivity index (χ2n) is 4.47. The van der Waals surface area contributed by atoms with Crippen LogP contribution < -0.4 is 10.0 Å². The van der Waals surface area contributed by atoms with Gasteiger partial charge in [-0.1, -0.05) is 6.92 Å². The Morgan fingerprint density at radius 2 is 2.05 bits per heavy atom. The zero-order valence-corrected chi connectivity index (χ0v) is 13.7. The maximum absolute atomic E-state index is 12.2. The molecule has 1 rings (SSSR count). The Hall–Kier alpha value is -1.05. The third-order valence-corrected chi connectivity index (χ3v) is 5.14. The van der Waals surface area contributed by atoms with Gasteiger partial charge in [0.2, 0.25) is 15.9 Å². The lowest BCUT2D eigenvalue weighted by molar-refractivity contribution is -0.114. The Morgan fingerprint density at radius 3 is 2.55 bits per heavy atom. The number of hydrogen-bond acceptors (Lipinski definition) is 4. The molecule has 1 amide bonds. The van der Waals surface area contributed by atoms with Gasteiger partial charge in [0.15, 0.2) is 0 Å². The Kier molecular flexibility index (Phi) is 6.04. The third kappa shape index (κ3) is 4.50. The molecule has 0 radical (unpaired) electrons. The van der Waals surface area contributed by atoms with E-state index in [-0.39, 0.29) is 16.8 Å². The van der Waals surface area contributed by atoms with E-state index >= 15 is 0 Å². The van der Waals surface area contributed by atoms with Crippen LogP contribution in [0.4, 0.5) is 5.69 Å². The average molecular weight is 316 g/mol. The second-order valence-corrected chi connectivity index (χ2v) is 7.04. The first kappa shape index (κ1) is 17.0. The largest absolute Gasteiger partial charge is 0.325 e. The molecule has 112 valence electrons. The van der Waals surface area contributed by atoms with E-state index in [0.717, 1.165) is 4.90 Å². The van der Waals surface area contributed by atoms with Gasteiger partial charge in [-0.05, 0) is 37.8 Å². The van der Waals surface area contributed by atoms with Crippen LogP contribution in [0, 0.1) is 0 Å². The molecule has 0 heterocycles. The molecule has 1 aromatic carbocycles. The van der Waals surface area contributed by atoms with Crippen LogP contribution in [0.25, 0.3) is 0 Å². The number of nitrogens with one attached hydrogen (secondary N) is 2. The Labute approximate surface area is 124 Å². The highest BCUT2D eigenvalue weighted by molar-refractivity contribution is 7.98. The Morgan fingerprint density at radius 1 is 1.40 bits per heavy atom. The predicted octanol–water partition coefficient (Wildman–Crippen LogP) is 2.44. The Bertz CT molecular complexity index is 585. The van der Waals surface area contributed by atoms with Crippen LogP contribution in [0.3, 0.4) is 0 Å². The van der Waals surface area contributed by atoms with E-state index in [4.69, 9.17) is 0 Å². The van der Waals surface area contributed by atoms with Gasteiger partial charge in [-0.2, -0.15) is 0 Å². The molecule has 0 aromatic heterocycles. The Balaban J connectivity index is 3.16. The SMILES string of the molecule is CC[C@@H](C)NS(=O)(=O)c1ccc(SC)c(NC(C)=O)c1. The number of thioether (sulfide) groups is 1. The summed E-state index contributed by atoms with van der Waals surface area (Å²) >= 11 is 1.45. The highest BCUT2D eigenvalue weighted by atomic mass is 32.2.